The minimum atomic E-state index is 0.103. The van der Waals surface area contributed by atoms with Crippen molar-refractivity contribution in [3.63, 3.8) is 0 Å². The van der Waals surface area contributed by atoms with Crippen LogP contribution in [0.3, 0.4) is 0 Å². The predicted molar refractivity (Wildman–Crippen MR) is 92.6 cm³/mol. The number of methoxy groups -OCH3 is 2. The monoisotopic (exact) mass is 359 g/mol. The van der Waals surface area contributed by atoms with Gasteiger partial charge in [-0.1, -0.05) is 0 Å². The van der Waals surface area contributed by atoms with Gasteiger partial charge in [-0.2, -0.15) is 0 Å². The molecule has 8 heteroatoms. The van der Waals surface area contributed by atoms with Crippen LogP contribution in [-0.2, 0) is 9.53 Å². The molecule has 2 saturated heterocycles. The van der Waals surface area contributed by atoms with E-state index in [1.807, 2.05) is 4.90 Å². The fourth-order valence-corrected chi connectivity index (χ4v) is 3.39. The molecular weight excluding hydrogens is 338 g/mol. The third-order valence-electron chi connectivity index (χ3n) is 4.87. The Balaban J connectivity index is 1.39. The van der Waals surface area contributed by atoms with Crippen LogP contribution in [0.15, 0.2) is 18.5 Å². The number of hydrogen-bond donors (Lipinski definition) is 0. The van der Waals surface area contributed by atoms with Crippen LogP contribution in [0, 0.1) is 5.41 Å². The molecule has 2 aliphatic heterocycles. The van der Waals surface area contributed by atoms with Crippen molar-refractivity contribution in [3.05, 3.63) is 18.5 Å². The molecule has 26 heavy (non-hydrogen) atoms. The van der Waals surface area contributed by atoms with E-state index in [2.05, 4.69) is 9.97 Å². The first kappa shape index (κ1) is 16.8. The standard InChI is InChI=1S/C18H21N3O5/c1-23-14-5-12-13(19-11-20-17(12)24-2)6-15(14)26-4-3-16(22)21-7-18(8-21)9-25-10-18/h5-6,11H,3-4,7-10H2,1-2H3. The minimum absolute atomic E-state index is 0.103. The highest BCUT2D eigenvalue weighted by Gasteiger charge is 2.50. The van der Waals surface area contributed by atoms with E-state index < -0.39 is 0 Å². The zero-order valence-corrected chi connectivity index (χ0v) is 14.9. The largest absolute Gasteiger partial charge is 0.493 e. The van der Waals surface area contributed by atoms with Crippen LogP contribution in [0.2, 0.25) is 0 Å². The molecule has 1 spiro atoms. The van der Waals surface area contributed by atoms with Crippen molar-refractivity contribution in [2.75, 3.05) is 47.1 Å². The fraction of sp³-hybridized carbons (Fsp3) is 0.500. The SMILES string of the molecule is COc1cc2c(OC)ncnc2cc1OCCC(=O)N1CC2(COC2)C1. The summed E-state index contributed by atoms with van der Waals surface area (Å²) in [6.07, 6.45) is 1.76. The lowest BCUT2D eigenvalue weighted by Gasteiger charge is -2.55. The van der Waals surface area contributed by atoms with E-state index in [-0.39, 0.29) is 17.9 Å². The number of hydrogen-bond acceptors (Lipinski definition) is 7. The zero-order chi connectivity index (χ0) is 18.1. The molecule has 1 aromatic carbocycles. The van der Waals surface area contributed by atoms with Crippen LogP contribution in [0.1, 0.15) is 6.42 Å². The number of benzene rings is 1. The number of nitrogens with zero attached hydrogens (tertiary/aromatic N) is 3. The molecule has 0 unspecified atom stereocenters. The summed E-state index contributed by atoms with van der Waals surface area (Å²) in [6, 6.07) is 3.55. The minimum Gasteiger partial charge on any atom is -0.493 e. The summed E-state index contributed by atoms with van der Waals surface area (Å²) in [6.45, 7) is 3.41. The number of amides is 1. The van der Waals surface area contributed by atoms with Crippen molar-refractivity contribution in [2.24, 2.45) is 5.41 Å². The van der Waals surface area contributed by atoms with Gasteiger partial charge in [0.2, 0.25) is 11.8 Å². The highest BCUT2D eigenvalue weighted by atomic mass is 16.5. The van der Waals surface area contributed by atoms with Crippen LogP contribution in [-0.4, -0.2) is 67.9 Å². The van der Waals surface area contributed by atoms with Crippen molar-refractivity contribution in [1.29, 1.82) is 0 Å². The number of likely N-dealkylation sites (tertiary alicyclic amines) is 1. The average Bonchev–Trinajstić information content (AvgIpc) is 2.58. The Bertz CT molecular complexity index is 829. The first-order chi connectivity index (χ1) is 12.6. The van der Waals surface area contributed by atoms with Gasteiger partial charge in [-0.25, -0.2) is 9.97 Å². The Kier molecular flexibility index (Phi) is 4.28. The van der Waals surface area contributed by atoms with Gasteiger partial charge in [-0.05, 0) is 6.07 Å². The van der Waals surface area contributed by atoms with Gasteiger partial charge in [-0.15, -0.1) is 0 Å². The summed E-state index contributed by atoms with van der Waals surface area (Å²) in [7, 11) is 3.12. The van der Waals surface area contributed by atoms with E-state index in [0.717, 1.165) is 31.7 Å². The molecule has 138 valence electrons. The van der Waals surface area contributed by atoms with Crippen molar-refractivity contribution in [3.8, 4) is 17.4 Å². The Labute approximate surface area is 151 Å². The molecule has 0 N–H and O–H groups in total. The molecule has 0 bridgehead atoms. The van der Waals surface area contributed by atoms with Gasteiger partial charge in [0.15, 0.2) is 11.5 Å². The van der Waals surface area contributed by atoms with E-state index in [1.54, 1.807) is 26.4 Å². The Morgan fingerprint density at radius 3 is 2.65 bits per heavy atom. The predicted octanol–water partition coefficient (Wildman–Crippen LogP) is 1.27. The first-order valence-corrected chi connectivity index (χ1v) is 8.49. The van der Waals surface area contributed by atoms with E-state index in [1.165, 1.54) is 6.33 Å². The van der Waals surface area contributed by atoms with E-state index in [9.17, 15) is 4.79 Å². The number of fused-ring (bicyclic) bond motifs is 1. The third-order valence-corrected chi connectivity index (χ3v) is 4.87. The highest BCUT2D eigenvalue weighted by molar-refractivity contribution is 5.86. The van der Waals surface area contributed by atoms with Crippen molar-refractivity contribution >= 4 is 16.8 Å². The molecule has 1 amide bonds. The van der Waals surface area contributed by atoms with Crippen LogP contribution < -0.4 is 14.2 Å². The lowest BCUT2D eigenvalue weighted by Crippen LogP contribution is -2.67. The third kappa shape index (κ3) is 2.90. The van der Waals surface area contributed by atoms with Crippen molar-refractivity contribution in [1.82, 2.24) is 14.9 Å². The molecule has 0 aliphatic carbocycles. The molecule has 2 aliphatic rings. The van der Waals surface area contributed by atoms with Crippen LogP contribution in [0.4, 0.5) is 0 Å². The maximum atomic E-state index is 12.2. The summed E-state index contributed by atoms with van der Waals surface area (Å²) in [5.74, 6) is 1.67. The first-order valence-electron chi connectivity index (χ1n) is 8.49. The van der Waals surface area contributed by atoms with Crippen LogP contribution >= 0.6 is 0 Å². The summed E-state index contributed by atoms with van der Waals surface area (Å²) in [5, 5.41) is 0.740. The smallest absolute Gasteiger partial charge is 0.226 e. The molecule has 8 nitrogen and oxygen atoms in total. The lowest BCUT2D eigenvalue weighted by molar-refractivity contribution is -0.195. The van der Waals surface area contributed by atoms with Gasteiger partial charge in [0.25, 0.3) is 0 Å². The molecule has 4 rings (SSSR count). The number of carbonyl (C=O) groups is 1. The maximum Gasteiger partial charge on any atom is 0.226 e. The summed E-state index contributed by atoms with van der Waals surface area (Å²) in [5.41, 5.74) is 0.922. The topological polar surface area (TPSA) is 83.0 Å². The second-order valence-corrected chi connectivity index (χ2v) is 6.74. The van der Waals surface area contributed by atoms with Crippen LogP contribution in [0.25, 0.3) is 10.9 Å². The zero-order valence-electron chi connectivity index (χ0n) is 14.9. The normalized spacial score (nSPS) is 17.5. The molecule has 0 atom stereocenters. The molecule has 0 radical (unpaired) electrons. The van der Waals surface area contributed by atoms with E-state index >= 15 is 0 Å². The van der Waals surface area contributed by atoms with Crippen molar-refractivity contribution in [2.45, 2.75) is 6.42 Å². The molecule has 0 saturated carbocycles. The van der Waals surface area contributed by atoms with E-state index in [4.69, 9.17) is 18.9 Å². The second-order valence-electron chi connectivity index (χ2n) is 6.74. The number of aromatic nitrogens is 2. The molecule has 1 aromatic heterocycles. The quantitative estimate of drug-likeness (QED) is 0.768. The number of ether oxygens (including phenoxy) is 4. The summed E-state index contributed by atoms with van der Waals surface area (Å²) in [4.78, 5) is 22.4. The van der Waals surface area contributed by atoms with Crippen LogP contribution in [0.5, 0.6) is 17.4 Å². The fourth-order valence-electron chi connectivity index (χ4n) is 3.39. The number of rotatable bonds is 6. The maximum absolute atomic E-state index is 12.2. The summed E-state index contributed by atoms with van der Waals surface area (Å²) < 4.78 is 21.7. The van der Waals surface area contributed by atoms with Gasteiger partial charge in [0, 0.05) is 19.2 Å². The van der Waals surface area contributed by atoms with Gasteiger partial charge < -0.3 is 23.8 Å². The van der Waals surface area contributed by atoms with Crippen molar-refractivity contribution < 1.29 is 23.7 Å². The average molecular weight is 359 g/mol. The van der Waals surface area contributed by atoms with Gasteiger partial charge in [0.05, 0.1) is 56.8 Å². The van der Waals surface area contributed by atoms with Gasteiger partial charge >= 0.3 is 0 Å². The summed E-state index contributed by atoms with van der Waals surface area (Å²) >= 11 is 0. The highest BCUT2D eigenvalue weighted by Crippen LogP contribution is 2.38. The molecule has 2 fully saturated rings. The second kappa shape index (κ2) is 6.60. The molecule has 2 aromatic rings. The van der Waals surface area contributed by atoms with E-state index in [0.29, 0.717) is 29.3 Å². The lowest BCUT2D eigenvalue weighted by atomic mass is 9.78. The Morgan fingerprint density at radius 1 is 1.19 bits per heavy atom. The van der Waals surface area contributed by atoms with Gasteiger partial charge in [0.1, 0.15) is 6.33 Å². The van der Waals surface area contributed by atoms with Gasteiger partial charge in [-0.3, -0.25) is 4.79 Å². The Morgan fingerprint density at radius 2 is 2.00 bits per heavy atom. The Hall–Kier alpha value is -2.61. The number of carbonyl (C=O) groups excluding carboxylic acids is 1. The molecule has 3 heterocycles. The molecular formula is C18H21N3O5.